The number of nitrogens with zero attached hydrogens (tertiary/aromatic N) is 1. The Labute approximate surface area is 177 Å². The molecule has 5 nitrogen and oxygen atoms in total. The highest BCUT2D eigenvalue weighted by Crippen LogP contribution is 2.36. The number of methoxy groups -OCH3 is 1. The number of halogens is 2. The Morgan fingerprint density at radius 2 is 1.82 bits per heavy atom. The van der Waals surface area contributed by atoms with E-state index in [-0.39, 0.29) is 17.7 Å². The molecule has 2 aromatic carbocycles. The van der Waals surface area contributed by atoms with Gasteiger partial charge in [-0.3, -0.25) is 14.5 Å². The van der Waals surface area contributed by atoms with Crippen LogP contribution >= 0.6 is 35.0 Å². The van der Waals surface area contributed by atoms with Crippen molar-refractivity contribution >= 4 is 52.2 Å². The van der Waals surface area contributed by atoms with E-state index in [1.165, 1.54) is 0 Å². The molecule has 0 aliphatic carbocycles. The summed E-state index contributed by atoms with van der Waals surface area (Å²) in [6.45, 7) is 2.37. The lowest BCUT2D eigenvalue weighted by atomic mass is 10.1. The van der Waals surface area contributed by atoms with E-state index in [0.29, 0.717) is 38.6 Å². The predicted octanol–water partition coefficient (Wildman–Crippen LogP) is 5.64. The van der Waals surface area contributed by atoms with Crippen LogP contribution in [0.1, 0.15) is 18.1 Å². The fourth-order valence-corrected chi connectivity index (χ4v) is 4.04. The molecule has 0 N–H and O–H groups in total. The summed E-state index contributed by atoms with van der Waals surface area (Å²) >= 11 is 13.2. The molecule has 2 amide bonds. The van der Waals surface area contributed by atoms with Gasteiger partial charge in [0.25, 0.3) is 11.1 Å². The van der Waals surface area contributed by atoms with Gasteiger partial charge < -0.3 is 9.47 Å². The highest BCUT2D eigenvalue weighted by atomic mass is 35.5. The van der Waals surface area contributed by atoms with E-state index in [1.54, 1.807) is 49.6 Å². The van der Waals surface area contributed by atoms with Gasteiger partial charge in [0.05, 0.1) is 25.2 Å². The summed E-state index contributed by atoms with van der Waals surface area (Å²) in [6.07, 6.45) is 1.65. The standard InChI is InChI=1S/C20H17Cl2NO4S/c1-3-27-17-9-12(7-8-16(17)26-2)10-18-19(24)23(20(25)28-18)11-13-14(21)5-4-6-15(13)22/h4-10H,3,11H2,1-2H3/b18-10-. The van der Waals surface area contributed by atoms with Gasteiger partial charge >= 0.3 is 0 Å². The van der Waals surface area contributed by atoms with E-state index in [4.69, 9.17) is 32.7 Å². The molecule has 0 spiro atoms. The maximum absolute atomic E-state index is 12.8. The Morgan fingerprint density at radius 1 is 1.11 bits per heavy atom. The summed E-state index contributed by atoms with van der Waals surface area (Å²) in [5.41, 5.74) is 1.27. The number of thioether (sulfide) groups is 1. The monoisotopic (exact) mass is 437 g/mol. The third-order valence-corrected chi connectivity index (χ3v) is 5.65. The summed E-state index contributed by atoms with van der Waals surface area (Å²) in [7, 11) is 1.56. The molecule has 1 aliphatic heterocycles. The average molecular weight is 438 g/mol. The van der Waals surface area contributed by atoms with Crippen LogP contribution in [0, 0.1) is 0 Å². The lowest BCUT2D eigenvalue weighted by molar-refractivity contribution is -0.123. The van der Waals surface area contributed by atoms with Crippen molar-refractivity contribution in [1.29, 1.82) is 0 Å². The molecular formula is C20H17Cl2NO4S. The molecule has 8 heteroatoms. The summed E-state index contributed by atoms with van der Waals surface area (Å²) < 4.78 is 10.8. The molecule has 0 aromatic heterocycles. The van der Waals surface area contributed by atoms with Crippen LogP contribution < -0.4 is 9.47 Å². The van der Waals surface area contributed by atoms with Crippen molar-refractivity contribution in [2.24, 2.45) is 0 Å². The number of carbonyl (C=O) groups is 2. The van der Waals surface area contributed by atoms with Crippen molar-refractivity contribution in [2.75, 3.05) is 13.7 Å². The SMILES string of the molecule is CCOc1cc(/C=C2\SC(=O)N(Cc3c(Cl)cccc3Cl)C2=O)ccc1OC. The quantitative estimate of drug-likeness (QED) is 0.547. The van der Waals surface area contributed by atoms with E-state index >= 15 is 0 Å². The van der Waals surface area contributed by atoms with Crippen LogP contribution in [0.15, 0.2) is 41.3 Å². The molecule has 0 atom stereocenters. The average Bonchev–Trinajstić information content (AvgIpc) is 2.92. The summed E-state index contributed by atoms with van der Waals surface area (Å²) in [4.78, 5) is 26.6. The van der Waals surface area contributed by atoms with Crippen LogP contribution in [-0.2, 0) is 11.3 Å². The molecule has 0 unspecified atom stereocenters. The second kappa shape index (κ2) is 8.90. The number of hydrogen-bond acceptors (Lipinski definition) is 5. The van der Waals surface area contributed by atoms with Crippen molar-refractivity contribution in [3.8, 4) is 11.5 Å². The first kappa shape index (κ1) is 20.6. The highest BCUT2D eigenvalue weighted by Gasteiger charge is 2.35. The zero-order valence-corrected chi connectivity index (χ0v) is 17.5. The third kappa shape index (κ3) is 4.29. The van der Waals surface area contributed by atoms with Gasteiger partial charge in [0.15, 0.2) is 11.5 Å². The second-order valence-electron chi connectivity index (χ2n) is 5.81. The Kier molecular flexibility index (Phi) is 6.54. The molecule has 1 heterocycles. The number of carbonyl (C=O) groups excluding carboxylic acids is 2. The van der Waals surface area contributed by atoms with Crippen LogP contribution in [0.5, 0.6) is 11.5 Å². The number of benzene rings is 2. The Balaban J connectivity index is 1.86. The minimum atomic E-state index is -0.389. The fraction of sp³-hybridized carbons (Fsp3) is 0.200. The first-order chi connectivity index (χ1) is 13.4. The Hall–Kier alpha value is -2.15. The molecule has 2 aromatic rings. The fourth-order valence-electron chi connectivity index (χ4n) is 2.68. The highest BCUT2D eigenvalue weighted by molar-refractivity contribution is 8.18. The second-order valence-corrected chi connectivity index (χ2v) is 7.62. The van der Waals surface area contributed by atoms with Crippen molar-refractivity contribution in [3.63, 3.8) is 0 Å². The minimum absolute atomic E-state index is 0.0212. The number of amides is 2. The van der Waals surface area contributed by atoms with Crippen molar-refractivity contribution in [1.82, 2.24) is 4.90 Å². The van der Waals surface area contributed by atoms with E-state index in [0.717, 1.165) is 22.2 Å². The van der Waals surface area contributed by atoms with Crippen molar-refractivity contribution in [3.05, 3.63) is 62.5 Å². The smallest absolute Gasteiger partial charge is 0.293 e. The van der Waals surface area contributed by atoms with Gasteiger partial charge in [-0.1, -0.05) is 35.3 Å². The minimum Gasteiger partial charge on any atom is -0.493 e. The van der Waals surface area contributed by atoms with E-state index in [2.05, 4.69) is 0 Å². The molecule has 146 valence electrons. The molecular weight excluding hydrogens is 421 g/mol. The molecule has 0 bridgehead atoms. The third-order valence-electron chi connectivity index (χ3n) is 4.04. The lowest BCUT2D eigenvalue weighted by Crippen LogP contribution is -2.27. The van der Waals surface area contributed by atoms with Gasteiger partial charge in [-0.15, -0.1) is 0 Å². The van der Waals surface area contributed by atoms with E-state index in [9.17, 15) is 9.59 Å². The van der Waals surface area contributed by atoms with Gasteiger partial charge in [-0.05, 0) is 54.6 Å². The zero-order valence-electron chi connectivity index (χ0n) is 15.2. The summed E-state index contributed by atoms with van der Waals surface area (Å²) in [5.74, 6) is 0.779. The largest absolute Gasteiger partial charge is 0.493 e. The molecule has 3 rings (SSSR count). The molecule has 1 saturated heterocycles. The van der Waals surface area contributed by atoms with Crippen LogP contribution in [0.2, 0.25) is 10.0 Å². The van der Waals surface area contributed by atoms with E-state index in [1.807, 2.05) is 6.92 Å². The Bertz CT molecular complexity index is 941. The molecule has 0 radical (unpaired) electrons. The van der Waals surface area contributed by atoms with Gasteiger partial charge in [0.2, 0.25) is 0 Å². The Morgan fingerprint density at radius 3 is 2.46 bits per heavy atom. The predicted molar refractivity (Wildman–Crippen MR) is 112 cm³/mol. The molecule has 1 aliphatic rings. The van der Waals surface area contributed by atoms with E-state index < -0.39 is 0 Å². The van der Waals surface area contributed by atoms with Gasteiger partial charge in [-0.2, -0.15) is 0 Å². The molecule has 0 saturated carbocycles. The molecule has 1 fully saturated rings. The summed E-state index contributed by atoms with van der Waals surface area (Å²) in [5, 5.41) is 0.449. The van der Waals surface area contributed by atoms with Crippen LogP contribution in [0.3, 0.4) is 0 Å². The summed E-state index contributed by atoms with van der Waals surface area (Å²) in [6, 6.07) is 10.4. The first-order valence-electron chi connectivity index (χ1n) is 8.43. The van der Waals surface area contributed by atoms with Crippen molar-refractivity contribution in [2.45, 2.75) is 13.5 Å². The lowest BCUT2D eigenvalue weighted by Gasteiger charge is -2.14. The topological polar surface area (TPSA) is 55.8 Å². The van der Waals surface area contributed by atoms with Crippen LogP contribution in [-0.4, -0.2) is 29.8 Å². The normalized spacial score (nSPS) is 15.4. The number of imide groups is 1. The van der Waals surface area contributed by atoms with Gasteiger partial charge in [0.1, 0.15) is 0 Å². The maximum Gasteiger partial charge on any atom is 0.293 e. The zero-order chi connectivity index (χ0) is 20.3. The number of ether oxygens (including phenoxy) is 2. The number of rotatable bonds is 6. The van der Waals surface area contributed by atoms with Gasteiger partial charge in [-0.25, -0.2) is 0 Å². The first-order valence-corrected chi connectivity index (χ1v) is 10.0. The van der Waals surface area contributed by atoms with Crippen LogP contribution in [0.25, 0.3) is 6.08 Å². The maximum atomic E-state index is 12.8. The van der Waals surface area contributed by atoms with Crippen molar-refractivity contribution < 1.29 is 19.1 Å². The van der Waals surface area contributed by atoms with Gasteiger partial charge in [0, 0.05) is 15.6 Å². The number of hydrogen-bond donors (Lipinski definition) is 0. The van der Waals surface area contributed by atoms with Crippen LogP contribution in [0.4, 0.5) is 4.79 Å². The molecule has 28 heavy (non-hydrogen) atoms.